The molecule has 0 aromatic carbocycles. The second kappa shape index (κ2) is 2.10. The summed E-state index contributed by atoms with van der Waals surface area (Å²) in [6.45, 7) is 0. The summed E-state index contributed by atoms with van der Waals surface area (Å²) in [6.07, 6.45) is -1.37. The number of nitrogens with zero attached hydrogens (tertiary/aromatic N) is 5. The highest BCUT2D eigenvalue weighted by Gasteiger charge is 2.09. The molecule has 1 rings (SSSR count). The molecule has 0 saturated carbocycles. The molecule has 0 spiro atoms. The highest BCUT2D eigenvalue weighted by molar-refractivity contribution is 5.67. The van der Waals surface area contributed by atoms with E-state index in [9.17, 15) is 4.79 Å². The number of tetrazole rings is 1. The smallest absolute Gasteiger partial charge is 0.436 e. The second-order valence-electron chi connectivity index (χ2n) is 1.31. The predicted molar refractivity (Wildman–Crippen MR) is 26.0 cm³/mol. The van der Waals surface area contributed by atoms with Gasteiger partial charge < -0.3 is 5.11 Å². The lowest BCUT2D eigenvalue weighted by atomic mass is 10.7. The number of rotatable bonds is 0. The van der Waals surface area contributed by atoms with E-state index in [1.165, 1.54) is 6.07 Å². The molecule has 1 aromatic rings. The summed E-state index contributed by atoms with van der Waals surface area (Å²) in [5.41, 5.74) is 0. The molecule has 7 nitrogen and oxygen atoms in total. The van der Waals surface area contributed by atoms with E-state index in [2.05, 4.69) is 15.5 Å². The SMILES string of the molecule is N#Cc1nnnn1C(=O)O. The summed E-state index contributed by atoms with van der Waals surface area (Å²) in [4.78, 5) is 10.1. The van der Waals surface area contributed by atoms with E-state index < -0.39 is 6.09 Å². The fourth-order valence-electron chi connectivity index (χ4n) is 0.386. The van der Waals surface area contributed by atoms with E-state index in [4.69, 9.17) is 10.4 Å². The van der Waals surface area contributed by atoms with Crippen molar-refractivity contribution in [3.63, 3.8) is 0 Å². The van der Waals surface area contributed by atoms with E-state index in [0.29, 0.717) is 4.68 Å². The van der Waals surface area contributed by atoms with Crippen molar-refractivity contribution in [1.82, 2.24) is 20.2 Å². The largest absolute Gasteiger partial charge is 0.463 e. The molecule has 1 heterocycles. The Morgan fingerprint density at radius 2 is 2.50 bits per heavy atom. The van der Waals surface area contributed by atoms with Crippen LogP contribution in [0.2, 0.25) is 0 Å². The van der Waals surface area contributed by atoms with Crippen molar-refractivity contribution < 1.29 is 9.90 Å². The summed E-state index contributed by atoms with van der Waals surface area (Å²) < 4.78 is 0.389. The van der Waals surface area contributed by atoms with Gasteiger partial charge in [-0.25, -0.2) is 4.79 Å². The summed E-state index contributed by atoms with van der Waals surface area (Å²) in [7, 11) is 0. The van der Waals surface area contributed by atoms with E-state index in [-0.39, 0.29) is 5.82 Å². The molecule has 0 aliphatic heterocycles. The molecule has 0 amide bonds. The van der Waals surface area contributed by atoms with Gasteiger partial charge in [0.25, 0.3) is 5.82 Å². The van der Waals surface area contributed by atoms with Crippen LogP contribution in [-0.2, 0) is 0 Å². The van der Waals surface area contributed by atoms with Crippen molar-refractivity contribution in [2.24, 2.45) is 0 Å². The molecule has 1 aromatic heterocycles. The monoisotopic (exact) mass is 139 g/mol. The average Bonchev–Trinajstić information content (AvgIpc) is 2.33. The Bertz CT molecular complexity index is 296. The van der Waals surface area contributed by atoms with Crippen LogP contribution in [0.15, 0.2) is 0 Å². The minimum absolute atomic E-state index is 0.340. The maximum atomic E-state index is 10.1. The number of hydrogen-bond donors (Lipinski definition) is 1. The normalized spacial score (nSPS) is 8.70. The summed E-state index contributed by atoms with van der Waals surface area (Å²) in [5.74, 6) is -0.340. The van der Waals surface area contributed by atoms with Gasteiger partial charge >= 0.3 is 6.09 Å². The Morgan fingerprint density at radius 1 is 1.80 bits per heavy atom. The fourth-order valence-corrected chi connectivity index (χ4v) is 0.386. The van der Waals surface area contributed by atoms with Gasteiger partial charge in [-0.3, -0.25) is 0 Å². The van der Waals surface area contributed by atoms with Gasteiger partial charge in [-0.2, -0.15) is 5.26 Å². The maximum absolute atomic E-state index is 10.1. The van der Waals surface area contributed by atoms with Crippen LogP contribution in [0.1, 0.15) is 5.82 Å². The Morgan fingerprint density at radius 3 is 2.90 bits per heavy atom. The number of aromatic nitrogens is 4. The van der Waals surface area contributed by atoms with Gasteiger partial charge in [0.1, 0.15) is 6.07 Å². The Kier molecular flexibility index (Phi) is 1.29. The zero-order valence-corrected chi connectivity index (χ0v) is 4.59. The van der Waals surface area contributed by atoms with Crippen molar-refractivity contribution in [3.05, 3.63) is 5.82 Å². The molecular formula is C3HN5O2. The van der Waals surface area contributed by atoms with Crippen LogP contribution < -0.4 is 0 Å². The van der Waals surface area contributed by atoms with Gasteiger partial charge in [0.2, 0.25) is 0 Å². The topological polar surface area (TPSA) is 105 Å². The first-order valence-corrected chi connectivity index (χ1v) is 2.17. The number of carboxylic acid groups (broad SMARTS) is 1. The lowest BCUT2D eigenvalue weighted by molar-refractivity contribution is 0.191. The zero-order chi connectivity index (χ0) is 7.56. The van der Waals surface area contributed by atoms with Gasteiger partial charge in [-0.1, -0.05) is 5.10 Å². The van der Waals surface area contributed by atoms with Gasteiger partial charge in [0, 0.05) is 0 Å². The van der Waals surface area contributed by atoms with E-state index in [1.807, 2.05) is 0 Å². The van der Waals surface area contributed by atoms with Crippen LogP contribution in [0.5, 0.6) is 0 Å². The van der Waals surface area contributed by atoms with E-state index in [1.54, 1.807) is 0 Å². The molecule has 0 fully saturated rings. The Balaban J connectivity index is 3.17. The highest BCUT2D eigenvalue weighted by atomic mass is 16.4. The minimum atomic E-state index is -1.37. The van der Waals surface area contributed by atoms with Crippen LogP contribution >= 0.6 is 0 Å². The summed E-state index contributed by atoms with van der Waals surface area (Å²) in [6, 6.07) is 1.50. The first-order valence-electron chi connectivity index (χ1n) is 2.17. The molecule has 7 heteroatoms. The molecule has 0 bridgehead atoms. The third kappa shape index (κ3) is 0.775. The Hall–Kier alpha value is -1.97. The molecule has 0 radical (unpaired) electrons. The zero-order valence-electron chi connectivity index (χ0n) is 4.59. The van der Waals surface area contributed by atoms with Crippen molar-refractivity contribution in [2.45, 2.75) is 0 Å². The summed E-state index contributed by atoms with van der Waals surface area (Å²) >= 11 is 0. The standard InChI is InChI=1S/C3HN5O2/c4-1-2-5-6-7-8(2)3(9)10/h(H,9,10). The molecule has 1 N–H and O–H groups in total. The van der Waals surface area contributed by atoms with Crippen molar-refractivity contribution in [3.8, 4) is 6.07 Å². The lowest BCUT2D eigenvalue weighted by Crippen LogP contribution is -2.12. The number of carbonyl (C=O) groups is 1. The lowest BCUT2D eigenvalue weighted by Gasteiger charge is -1.85. The van der Waals surface area contributed by atoms with E-state index >= 15 is 0 Å². The summed E-state index contributed by atoms with van der Waals surface area (Å²) in [5, 5.41) is 25.5. The maximum Gasteiger partial charge on any atom is 0.436 e. The van der Waals surface area contributed by atoms with Crippen molar-refractivity contribution in [1.29, 1.82) is 5.26 Å². The number of nitriles is 1. The van der Waals surface area contributed by atoms with Crippen LogP contribution in [0.25, 0.3) is 0 Å². The van der Waals surface area contributed by atoms with Crippen LogP contribution in [-0.4, -0.2) is 31.4 Å². The van der Waals surface area contributed by atoms with Gasteiger partial charge in [0.15, 0.2) is 0 Å². The van der Waals surface area contributed by atoms with Crippen LogP contribution in [0, 0.1) is 11.3 Å². The molecule has 0 saturated heterocycles. The molecule has 0 unspecified atom stereocenters. The van der Waals surface area contributed by atoms with Crippen molar-refractivity contribution >= 4 is 6.09 Å². The first-order chi connectivity index (χ1) is 4.75. The average molecular weight is 139 g/mol. The quantitative estimate of drug-likeness (QED) is 0.465. The van der Waals surface area contributed by atoms with Crippen molar-refractivity contribution in [2.75, 3.05) is 0 Å². The fraction of sp³-hybridized carbons (Fsp3) is 0. The molecule has 0 aliphatic carbocycles. The molecule has 0 aliphatic rings. The molecule has 10 heavy (non-hydrogen) atoms. The third-order valence-electron chi connectivity index (χ3n) is 0.751. The Labute approximate surface area is 54.5 Å². The van der Waals surface area contributed by atoms with Crippen LogP contribution in [0.4, 0.5) is 4.79 Å². The first kappa shape index (κ1) is 6.15. The van der Waals surface area contributed by atoms with Gasteiger partial charge in [0.05, 0.1) is 0 Å². The second-order valence-corrected chi connectivity index (χ2v) is 1.31. The molecule has 0 atom stereocenters. The predicted octanol–water partition coefficient (Wildman–Crippen LogP) is -0.929. The third-order valence-corrected chi connectivity index (χ3v) is 0.751. The van der Waals surface area contributed by atoms with Gasteiger partial charge in [-0.05, 0) is 10.4 Å². The highest BCUT2D eigenvalue weighted by Crippen LogP contribution is 1.85. The van der Waals surface area contributed by atoms with Crippen LogP contribution in [0.3, 0.4) is 0 Å². The van der Waals surface area contributed by atoms with E-state index in [0.717, 1.165) is 0 Å². The minimum Gasteiger partial charge on any atom is -0.463 e. The molecular weight excluding hydrogens is 138 g/mol. The molecule has 50 valence electrons. The number of hydrogen-bond acceptors (Lipinski definition) is 5. The van der Waals surface area contributed by atoms with Gasteiger partial charge in [-0.15, -0.1) is 4.68 Å².